The minimum Gasteiger partial charge on any atom is -0.381 e. The minimum atomic E-state index is 0.142. The first-order valence-corrected chi connectivity index (χ1v) is 7.25. The molecular formula is C14H25N3O2. The second kappa shape index (κ2) is 6.48. The lowest BCUT2D eigenvalue weighted by molar-refractivity contribution is 0.0475. The highest BCUT2D eigenvalue weighted by molar-refractivity contribution is 4.99. The fourth-order valence-corrected chi connectivity index (χ4v) is 2.43. The molecule has 5 heteroatoms. The van der Waals surface area contributed by atoms with Gasteiger partial charge in [0.05, 0.1) is 6.04 Å². The van der Waals surface area contributed by atoms with Crippen molar-refractivity contribution in [2.24, 2.45) is 5.92 Å². The van der Waals surface area contributed by atoms with E-state index in [0.29, 0.717) is 17.9 Å². The van der Waals surface area contributed by atoms with Gasteiger partial charge in [0.15, 0.2) is 5.82 Å². The molecule has 1 saturated heterocycles. The van der Waals surface area contributed by atoms with Crippen LogP contribution in [-0.2, 0) is 4.74 Å². The molecule has 2 rings (SSSR count). The first-order valence-electron chi connectivity index (χ1n) is 7.25. The van der Waals surface area contributed by atoms with Crippen molar-refractivity contribution in [1.82, 2.24) is 15.5 Å². The summed E-state index contributed by atoms with van der Waals surface area (Å²) < 4.78 is 10.9. The molecule has 1 aliphatic heterocycles. The SMILES string of the molecule is CC(C)N[C@H](c1nc(C(C)C)no1)C1CCOCC1. The van der Waals surface area contributed by atoms with Crippen LogP contribution >= 0.6 is 0 Å². The van der Waals surface area contributed by atoms with Crippen LogP contribution < -0.4 is 5.32 Å². The maximum absolute atomic E-state index is 5.48. The van der Waals surface area contributed by atoms with E-state index in [1.807, 2.05) is 0 Å². The van der Waals surface area contributed by atoms with Crippen LogP contribution in [0.3, 0.4) is 0 Å². The fraction of sp³-hybridized carbons (Fsp3) is 0.857. The number of rotatable bonds is 5. The van der Waals surface area contributed by atoms with Gasteiger partial charge in [-0.2, -0.15) is 4.98 Å². The lowest BCUT2D eigenvalue weighted by Gasteiger charge is -2.30. The van der Waals surface area contributed by atoms with E-state index in [1.165, 1.54) is 0 Å². The molecule has 0 amide bonds. The summed E-state index contributed by atoms with van der Waals surface area (Å²) in [6.45, 7) is 10.1. The van der Waals surface area contributed by atoms with Crippen molar-refractivity contribution >= 4 is 0 Å². The highest BCUT2D eigenvalue weighted by Gasteiger charge is 2.30. The molecular weight excluding hydrogens is 242 g/mol. The third-order valence-electron chi connectivity index (χ3n) is 3.49. The summed E-state index contributed by atoms with van der Waals surface area (Å²) in [5.74, 6) is 2.32. The van der Waals surface area contributed by atoms with Crippen molar-refractivity contribution in [3.05, 3.63) is 11.7 Å². The van der Waals surface area contributed by atoms with Crippen molar-refractivity contribution < 1.29 is 9.26 Å². The Bertz CT molecular complexity index is 384. The Balaban J connectivity index is 2.15. The standard InChI is InChI=1S/C14H25N3O2/c1-9(2)13-16-14(19-17-13)12(15-10(3)4)11-5-7-18-8-6-11/h9-12,15H,5-8H2,1-4H3/t12-/m0/s1. The van der Waals surface area contributed by atoms with Crippen LogP contribution in [0.25, 0.3) is 0 Å². The summed E-state index contributed by atoms with van der Waals surface area (Å²) in [5.41, 5.74) is 0. The quantitative estimate of drug-likeness (QED) is 0.888. The number of nitrogens with one attached hydrogen (secondary N) is 1. The third-order valence-corrected chi connectivity index (χ3v) is 3.49. The summed E-state index contributed by atoms with van der Waals surface area (Å²) in [6, 6.07) is 0.533. The van der Waals surface area contributed by atoms with Gasteiger partial charge >= 0.3 is 0 Å². The predicted octanol–water partition coefficient (Wildman–Crippen LogP) is 2.66. The van der Waals surface area contributed by atoms with E-state index in [-0.39, 0.29) is 6.04 Å². The molecule has 19 heavy (non-hydrogen) atoms. The molecule has 0 spiro atoms. The third kappa shape index (κ3) is 3.76. The minimum absolute atomic E-state index is 0.142. The zero-order valence-electron chi connectivity index (χ0n) is 12.3. The molecule has 0 aromatic carbocycles. The van der Waals surface area contributed by atoms with E-state index in [4.69, 9.17) is 9.26 Å². The van der Waals surface area contributed by atoms with Gasteiger partial charge < -0.3 is 14.6 Å². The molecule has 1 aromatic heterocycles. The van der Waals surface area contributed by atoms with Gasteiger partial charge in [0.1, 0.15) is 0 Å². The number of aromatic nitrogens is 2. The molecule has 1 fully saturated rings. The number of ether oxygens (including phenoxy) is 1. The van der Waals surface area contributed by atoms with Crippen LogP contribution in [0.15, 0.2) is 4.52 Å². The van der Waals surface area contributed by atoms with E-state index in [9.17, 15) is 0 Å². The Morgan fingerprint density at radius 2 is 1.84 bits per heavy atom. The number of nitrogens with zero attached hydrogens (tertiary/aromatic N) is 2. The van der Waals surface area contributed by atoms with Gasteiger partial charge in [0, 0.05) is 25.2 Å². The summed E-state index contributed by atoms with van der Waals surface area (Å²) in [7, 11) is 0. The van der Waals surface area contributed by atoms with Crippen LogP contribution in [0.4, 0.5) is 0 Å². The van der Waals surface area contributed by atoms with Crippen molar-refractivity contribution in [2.45, 2.75) is 58.5 Å². The van der Waals surface area contributed by atoms with Crippen molar-refractivity contribution in [2.75, 3.05) is 13.2 Å². The number of hydrogen-bond donors (Lipinski definition) is 1. The molecule has 0 radical (unpaired) electrons. The highest BCUT2D eigenvalue weighted by Crippen LogP contribution is 2.30. The molecule has 0 saturated carbocycles. The van der Waals surface area contributed by atoms with Crippen LogP contribution in [-0.4, -0.2) is 29.4 Å². The normalized spacial score (nSPS) is 19.3. The summed E-state index contributed by atoms with van der Waals surface area (Å²) in [4.78, 5) is 4.56. The first kappa shape index (κ1) is 14.5. The van der Waals surface area contributed by atoms with E-state index in [2.05, 4.69) is 43.2 Å². The summed E-state index contributed by atoms with van der Waals surface area (Å²) >= 11 is 0. The summed E-state index contributed by atoms with van der Waals surface area (Å²) in [5, 5.41) is 7.65. The van der Waals surface area contributed by atoms with Gasteiger partial charge in [-0.15, -0.1) is 0 Å². The molecule has 1 aromatic rings. The Morgan fingerprint density at radius 3 is 2.37 bits per heavy atom. The van der Waals surface area contributed by atoms with Crippen LogP contribution in [0.1, 0.15) is 64.2 Å². The molecule has 108 valence electrons. The van der Waals surface area contributed by atoms with E-state index < -0.39 is 0 Å². The molecule has 5 nitrogen and oxygen atoms in total. The maximum Gasteiger partial charge on any atom is 0.244 e. The molecule has 0 aliphatic carbocycles. The van der Waals surface area contributed by atoms with E-state index in [0.717, 1.165) is 37.8 Å². The Hall–Kier alpha value is -0.940. The van der Waals surface area contributed by atoms with Gasteiger partial charge in [-0.25, -0.2) is 0 Å². The topological polar surface area (TPSA) is 60.2 Å². The molecule has 1 atom stereocenters. The molecule has 1 N–H and O–H groups in total. The largest absolute Gasteiger partial charge is 0.381 e. The van der Waals surface area contributed by atoms with Crippen molar-refractivity contribution in [3.8, 4) is 0 Å². The van der Waals surface area contributed by atoms with Crippen molar-refractivity contribution in [1.29, 1.82) is 0 Å². The Labute approximate surface area is 115 Å². The maximum atomic E-state index is 5.48. The van der Waals surface area contributed by atoms with Gasteiger partial charge in [-0.1, -0.05) is 32.9 Å². The van der Waals surface area contributed by atoms with Crippen LogP contribution in [0.5, 0.6) is 0 Å². The van der Waals surface area contributed by atoms with Crippen molar-refractivity contribution in [3.63, 3.8) is 0 Å². The predicted molar refractivity (Wildman–Crippen MR) is 72.9 cm³/mol. The first-order chi connectivity index (χ1) is 9.08. The van der Waals surface area contributed by atoms with Gasteiger partial charge in [-0.3, -0.25) is 0 Å². The second-order valence-electron chi connectivity index (χ2n) is 5.89. The zero-order chi connectivity index (χ0) is 13.8. The monoisotopic (exact) mass is 267 g/mol. The average Bonchev–Trinajstić information content (AvgIpc) is 2.86. The van der Waals surface area contributed by atoms with E-state index >= 15 is 0 Å². The average molecular weight is 267 g/mol. The smallest absolute Gasteiger partial charge is 0.244 e. The van der Waals surface area contributed by atoms with Crippen LogP contribution in [0.2, 0.25) is 0 Å². The molecule has 1 aliphatic rings. The van der Waals surface area contributed by atoms with Gasteiger partial charge in [0.25, 0.3) is 0 Å². The Kier molecular flexibility index (Phi) is 4.93. The lowest BCUT2D eigenvalue weighted by Crippen LogP contribution is -2.36. The molecule has 0 unspecified atom stereocenters. The summed E-state index contributed by atoms with van der Waals surface area (Å²) in [6.07, 6.45) is 2.09. The molecule has 0 bridgehead atoms. The second-order valence-corrected chi connectivity index (χ2v) is 5.89. The van der Waals surface area contributed by atoms with E-state index in [1.54, 1.807) is 0 Å². The number of hydrogen-bond acceptors (Lipinski definition) is 5. The molecule has 2 heterocycles. The Morgan fingerprint density at radius 1 is 1.16 bits per heavy atom. The van der Waals surface area contributed by atoms with Crippen LogP contribution in [0, 0.1) is 5.92 Å². The van der Waals surface area contributed by atoms with Gasteiger partial charge in [-0.05, 0) is 18.8 Å². The van der Waals surface area contributed by atoms with Gasteiger partial charge in [0.2, 0.25) is 5.89 Å². The zero-order valence-corrected chi connectivity index (χ0v) is 12.3. The fourth-order valence-electron chi connectivity index (χ4n) is 2.43. The highest BCUT2D eigenvalue weighted by atomic mass is 16.5. The lowest BCUT2D eigenvalue weighted by atomic mass is 9.91.